The van der Waals surface area contributed by atoms with E-state index < -0.39 is 0 Å². The van der Waals surface area contributed by atoms with E-state index in [1.165, 1.54) is 51.6 Å². The van der Waals surface area contributed by atoms with E-state index in [1.54, 1.807) is 0 Å². The third-order valence-corrected chi connectivity index (χ3v) is 5.63. The van der Waals surface area contributed by atoms with E-state index in [4.69, 9.17) is 0 Å². The molecule has 1 aliphatic heterocycles. The highest BCUT2D eigenvalue weighted by molar-refractivity contribution is 5.00. The molecule has 1 saturated carbocycles. The van der Waals surface area contributed by atoms with Gasteiger partial charge in [-0.3, -0.25) is 4.90 Å². The molecule has 2 aliphatic rings. The monoisotopic (exact) mass is 252 g/mol. The summed E-state index contributed by atoms with van der Waals surface area (Å²) in [6.45, 7) is 12.0. The number of piperazine rings is 1. The van der Waals surface area contributed by atoms with Crippen molar-refractivity contribution in [3.63, 3.8) is 0 Å². The standard InChI is InChI=1S/C16H32N2/c1-5-13(2)15(4)18-12-16(17-11-14(18)3)9-7-6-8-10-16/h13-15,17H,5-12H2,1-4H3. The second kappa shape index (κ2) is 5.92. The molecule has 3 unspecified atom stereocenters. The van der Waals surface area contributed by atoms with Gasteiger partial charge in [0.15, 0.2) is 0 Å². The van der Waals surface area contributed by atoms with Gasteiger partial charge < -0.3 is 5.32 Å². The fourth-order valence-electron chi connectivity index (χ4n) is 3.82. The van der Waals surface area contributed by atoms with Gasteiger partial charge in [0.05, 0.1) is 0 Å². The Morgan fingerprint density at radius 1 is 1.22 bits per heavy atom. The molecule has 1 heterocycles. The Kier molecular flexibility index (Phi) is 4.71. The van der Waals surface area contributed by atoms with E-state index in [2.05, 4.69) is 37.9 Å². The van der Waals surface area contributed by atoms with Gasteiger partial charge in [-0.15, -0.1) is 0 Å². The molecule has 0 amide bonds. The van der Waals surface area contributed by atoms with Gasteiger partial charge in [0.25, 0.3) is 0 Å². The lowest BCUT2D eigenvalue weighted by Crippen LogP contribution is -2.66. The third kappa shape index (κ3) is 2.91. The van der Waals surface area contributed by atoms with Gasteiger partial charge in [-0.2, -0.15) is 0 Å². The van der Waals surface area contributed by atoms with E-state index in [-0.39, 0.29) is 0 Å². The minimum atomic E-state index is 0.451. The highest BCUT2D eigenvalue weighted by atomic mass is 15.3. The summed E-state index contributed by atoms with van der Waals surface area (Å²) in [5, 5.41) is 3.88. The van der Waals surface area contributed by atoms with Crippen molar-refractivity contribution in [3.05, 3.63) is 0 Å². The van der Waals surface area contributed by atoms with Crippen LogP contribution in [0.1, 0.15) is 66.2 Å². The SMILES string of the molecule is CCC(C)C(C)N1CC2(CCCCC2)NCC1C. The number of nitrogens with zero attached hydrogens (tertiary/aromatic N) is 1. The molecular weight excluding hydrogens is 220 g/mol. The van der Waals surface area contributed by atoms with Gasteiger partial charge in [-0.25, -0.2) is 0 Å². The lowest BCUT2D eigenvalue weighted by Gasteiger charge is -2.51. The molecule has 18 heavy (non-hydrogen) atoms. The van der Waals surface area contributed by atoms with Crippen molar-refractivity contribution in [3.8, 4) is 0 Å². The normalized spacial score (nSPS) is 32.3. The summed E-state index contributed by atoms with van der Waals surface area (Å²) in [4.78, 5) is 2.79. The molecule has 106 valence electrons. The van der Waals surface area contributed by atoms with E-state index in [1.807, 2.05) is 0 Å². The number of hydrogen-bond acceptors (Lipinski definition) is 2. The topological polar surface area (TPSA) is 15.3 Å². The van der Waals surface area contributed by atoms with Crippen LogP contribution in [0.3, 0.4) is 0 Å². The van der Waals surface area contributed by atoms with Crippen LogP contribution in [0.2, 0.25) is 0 Å². The molecular formula is C16H32N2. The van der Waals surface area contributed by atoms with Gasteiger partial charge in [-0.05, 0) is 32.6 Å². The lowest BCUT2D eigenvalue weighted by atomic mass is 9.78. The number of nitrogens with one attached hydrogen (secondary N) is 1. The summed E-state index contributed by atoms with van der Waals surface area (Å²) in [6.07, 6.45) is 8.37. The Morgan fingerprint density at radius 2 is 1.89 bits per heavy atom. The van der Waals surface area contributed by atoms with Crippen molar-refractivity contribution in [1.82, 2.24) is 10.2 Å². The Hall–Kier alpha value is -0.0800. The second-order valence-electron chi connectivity index (χ2n) is 6.87. The zero-order valence-corrected chi connectivity index (χ0v) is 12.8. The molecule has 1 N–H and O–H groups in total. The van der Waals surface area contributed by atoms with Crippen molar-refractivity contribution in [2.75, 3.05) is 13.1 Å². The molecule has 2 heteroatoms. The minimum absolute atomic E-state index is 0.451. The van der Waals surface area contributed by atoms with Crippen LogP contribution >= 0.6 is 0 Å². The summed E-state index contributed by atoms with van der Waals surface area (Å²) in [5.41, 5.74) is 0.451. The molecule has 2 fully saturated rings. The maximum absolute atomic E-state index is 3.88. The molecule has 1 aliphatic carbocycles. The fraction of sp³-hybridized carbons (Fsp3) is 1.00. The van der Waals surface area contributed by atoms with Crippen LogP contribution in [0.25, 0.3) is 0 Å². The first kappa shape index (κ1) is 14.3. The number of rotatable bonds is 3. The second-order valence-corrected chi connectivity index (χ2v) is 6.87. The van der Waals surface area contributed by atoms with Gasteiger partial charge in [0.2, 0.25) is 0 Å². The van der Waals surface area contributed by atoms with E-state index in [0.29, 0.717) is 11.6 Å². The van der Waals surface area contributed by atoms with Crippen molar-refractivity contribution >= 4 is 0 Å². The average Bonchev–Trinajstić information content (AvgIpc) is 2.41. The van der Waals surface area contributed by atoms with Gasteiger partial charge in [0.1, 0.15) is 0 Å². The molecule has 1 saturated heterocycles. The summed E-state index contributed by atoms with van der Waals surface area (Å²) < 4.78 is 0. The van der Waals surface area contributed by atoms with Crippen LogP contribution in [0, 0.1) is 5.92 Å². The van der Waals surface area contributed by atoms with E-state index >= 15 is 0 Å². The highest BCUT2D eigenvalue weighted by Crippen LogP contribution is 2.33. The van der Waals surface area contributed by atoms with Crippen molar-refractivity contribution < 1.29 is 0 Å². The molecule has 1 spiro atoms. The maximum Gasteiger partial charge on any atom is 0.0309 e. The van der Waals surface area contributed by atoms with Gasteiger partial charge >= 0.3 is 0 Å². The smallest absolute Gasteiger partial charge is 0.0309 e. The quantitative estimate of drug-likeness (QED) is 0.828. The van der Waals surface area contributed by atoms with Crippen molar-refractivity contribution in [2.24, 2.45) is 5.92 Å². The van der Waals surface area contributed by atoms with Crippen LogP contribution in [-0.4, -0.2) is 35.6 Å². The average molecular weight is 252 g/mol. The van der Waals surface area contributed by atoms with Crippen LogP contribution in [0.5, 0.6) is 0 Å². The molecule has 0 aromatic rings. The molecule has 0 radical (unpaired) electrons. The largest absolute Gasteiger partial charge is 0.308 e. The highest BCUT2D eigenvalue weighted by Gasteiger charge is 2.40. The van der Waals surface area contributed by atoms with Gasteiger partial charge in [0, 0.05) is 30.7 Å². The first-order chi connectivity index (χ1) is 8.58. The zero-order valence-electron chi connectivity index (χ0n) is 12.8. The van der Waals surface area contributed by atoms with Crippen molar-refractivity contribution in [1.29, 1.82) is 0 Å². The molecule has 0 aromatic carbocycles. The predicted molar refractivity (Wildman–Crippen MR) is 78.9 cm³/mol. The summed E-state index contributed by atoms with van der Waals surface area (Å²) in [5.74, 6) is 0.811. The Balaban J connectivity index is 2.04. The van der Waals surface area contributed by atoms with E-state index in [0.717, 1.165) is 12.0 Å². The molecule has 2 nitrogen and oxygen atoms in total. The molecule has 2 rings (SSSR count). The summed E-state index contributed by atoms with van der Waals surface area (Å²) >= 11 is 0. The predicted octanol–water partition coefficient (Wildman–Crippen LogP) is 3.42. The van der Waals surface area contributed by atoms with Crippen molar-refractivity contribution in [2.45, 2.75) is 83.8 Å². The summed E-state index contributed by atoms with van der Waals surface area (Å²) in [7, 11) is 0. The zero-order chi connectivity index (χ0) is 13.2. The molecule has 3 atom stereocenters. The van der Waals surface area contributed by atoms with Gasteiger partial charge in [-0.1, -0.05) is 39.5 Å². The Bertz CT molecular complexity index is 258. The third-order valence-electron chi connectivity index (χ3n) is 5.63. The van der Waals surface area contributed by atoms with Crippen LogP contribution in [-0.2, 0) is 0 Å². The van der Waals surface area contributed by atoms with E-state index in [9.17, 15) is 0 Å². The minimum Gasteiger partial charge on any atom is -0.308 e. The fourth-order valence-corrected chi connectivity index (χ4v) is 3.82. The maximum atomic E-state index is 3.88. The molecule has 0 aromatic heterocycles. The first-order valence-corrected chi connectivity index (χ1v) is 8.09. The van der Waals surface area contributed by atoms with Crippen LogP contribution < -0.4 is 5.32 Å². The van der Waals surface area contributed by atoms with Crippen LogP contribution in [0.15, 0.2) is 0 Å². The van der Waals surface area contributed by atoms with Crippen LogP contribution in [0.4, 0.5) is 0 Å². The Labute approximate surface area is 114 Å². The lowest BCUT2D eigenvalue weighted by molar-refractivity contribution is 0.0191. The first-order valence-electron chi connectivity index (χ1n) is 8.09. The number of hydrogen-bond donors (Lipinski definition) is 1. The molecule has 0 bridgehead atoms. The Morgan fingerprint density at radius 3 is 2.50 bits per heavy atom. The summed E-state index contributed by atoms with van der Waals surface area (Å²) in [6, 6.07) is 1.42.